The summed E-state index contributed by atoms with van der Waals surface area (Å²) in [6.45, 7) is 5.06. The first-order valence-electron chi connectivity index (χ1n) is 10.0. The maximum atomic E-state index is 13.7. The Morgan fingerprint density at radius 2 is 1.90 bits per heavy atom. The van der Waals surface area contributed by atoms with E-state index in [1.54, 1.807) is 19.2 Å². The van der Waals surface area contributed by atoms with Crippen LogP contribution in [0.2, 0.25) is 5.02 Å². The van der Waals surface area contributed by atoms with Crippen molar-refractivity contribution in [3.05, 3.63) is 76.0 Å². The largest absolute Gasteiger partial charge is 0.497 e. The van der Waals surface area contributed by atoms with E-state index in [1.165, 1.54) is 0 Å². The molecule has 0 bridgehead atoms. The average molecular weight is 424 g/mol. The van der Waals surface area contributed by atoms with Crippen LogP contribution in [0.1, 0.15) is 37.8 Å². The zero-order chi connectivity index (χ0) is 21.7. The smallest absolute Gasteiger partial charge is 0.251 e. The van der Waals surface area contributed by atoms with Crippen LogP contribution in [0.15, 0.2) is 59.8 Å². The van der Waals surface area contributed by atoms with Crippen molar-refractivity contribution >= 4 is 17.5 Å². The summed E-state index contributed by atoms with van der Waals surface area (Å²) in [5.41, 5.74) is 2.33. The highest BCUT2D eigenvalue weighted by molar-refractivity contribution is 6.30. The van der Waals surface area contributed by atoms with Gasteiger partial charge in [0.1, 0.15) is 11.3 Å². The number of benzene rings is 2. The number of nitrogens with zero attached hydrogens (tertiary/aromatic N) is 2. The van der Waals surface area contributed by atoms with Crippen molar-refractivity contribution in [3.8, 4) is 11.8 Å². The molecule has 1 atom stereocenters. The summed E-state index contributed by atoms with van der Waals surface area (Å²) in [6.07, 6.45) is 1.20. The average Bonchev–Trinajstić information content (AvgIpc) is 3.06. The molecule has 2 aromatic rings. The number of carbonyl (C=O) groups is 1. The van der Waals surface area contributed by atoms with Crippen LogP contribution in [-0.4, -0.2) is 24.5 Å². The van der Waals surface area contributed by atoms with Crippen LogP contribution >= 0.6 is 11.6 Å². The topological polar surface area (TPSA) is 65.4 Å². The van der Waals surface area contributed by atoms with Crippen molar-refractivity contribution in [2.45, 2.75) is 38.8 Å². The lowest BCUT2D eigenvalue weighted by Crippen LogP contribution is -2.53. The van der Waals surface area contributed by atoms with Crippen molar-refractivity contribution in [2.24, 2.45) is 0 Å². The van der Waals surface area contributed by atoms with E-state index >= 15 is 0 Å². The fraction of sp³-hybridized carbons (Fsp3) is 0.333. The van der Waals surface area contributed by atoms with Gasteiger partial charge in [0, 0.05) is 30.2 Å². The third-order valence-corrected chi connectivity index (χ3v) is 5.88. The lowest BCUT2D eigenvalue weighted by molar-refractivity contribution is -0.132. The molecule has 1 aliphatic heterocycles. The fourth-order valence-electron chi connectivity index (χ4n) is 4.02. The van der Waals surface area contributed by atoms with Gasteiger partial charge < -0.3 is 15.0 Å². The Balaban J connectivity index is 1.99. The highest BCUT2D eigenvalue weighted by atomic mass is 35.5. The highest BCUT2D eigenvalue weighted by Gasteiger charge is 2.50. The zero-order valence-corrected chi connectivity index (χ0v) is 18.3. The summed E-state index contributed by atoms with van der Waals surface area (Å²) in [6, 6.07) is 17.2. The molecule has 156 valence electrons. The lowest BCUT2D eigenvalue weighted by atomic mass is 9.84. The number of halogens is 1. The summed E-state index contributed by atoms with van der Waals surface area (Å²) in [5.74, 6) is 0.598. The molecule has 0 spiro atoms. The second kappa shape index (κ2) is 9.23. The molecule has 2 aromatic carbocycles. The number of carbonyl (C=O) groups excluding carboxylic acids is 1. The molecular weight excluding hydrogens is 398 g/mol. The molecule has 1 amide bonds. The van der Waals surface area contributed by atoms with E-state index in [1.807, 2.05) is 43.3 Å². The number of hydrogen-bond acceptors (Lipinski definition) is 4. The summed E-state index contributed by atoms with van der Waals surface area (Å²) in [4.78, 5) is 15.8. The van der Waals surface area contributed by atoms with E-state index < -0.39 is 5.54 Å². The first-order chi connectivity index (χ1) is 14.5. The minimum absolute atomic E-state index is 0.124. The molecule has 0 aliphatic carbocycles. The van der Waals surface area contributed by atoms with Crippen LogP contribution in [0.3, 0.4) is 0 Å². The number of rotatable bonds is 7. The van der Waals surface area contributed by atoms with Crippen LogP contribution in [0.5, 0.6) is 5.75 Å². The van der Waals surface area contributed by atoms with E-state index in [-0.39, 0.29) is 5.91 Å². The van der Waals surface area contributed by atoms with Gasteiger partial charge in [-0.05, 0) is 48.7 Å². The van der Waals surface area contributed by atoms with Crippen LogP contribution < -0.4 is 10.1 Å². The Hall–Kier alpha value is -2.97. The van der Waals surface area contributed by atoms with Gasteiger partial charge in [-0.3, -0.25) is 4.79 Å². The second-order valence-electron chi connectivity index (χ2n) is 7.40. The number of methoxy groups -OCH3 is 1. The van der Waals surface area contributed by atoms with Crippen molar-refractivity contribution in [1.29, 1.82) is 5.26 Å². The number of nitriles is 1. The molecule has 0 radical (unpaired) electrons. The Bertz CT molecular complexity index is 977. The molecule has 1 heterocycles. The van der Waals surface area contributed by atoms with Crippen LogP contribution in [0.4, 0.5) is 0 Å². The minimum Gasteiger partial charge on any atom is -0.497 e. The van der Waals surface area contributed by atoms with Crippen molar-refractivity contribution in [3.63, 3.8) is 0 Å². The third kappa shape index (κ3) is 4.01. The predicted octanol–water partition coefficient (Wildman–Crippen LogP) is 4.77. The van der Waals surface area contributed by atoms with Gasteiger partial charge in [0.2, 0.25) is 0 Å². The summed E-state index contributed by atoms with van der Waals surface area (Å²) >= 11 is 5.97. The molecule has 1 unspecified atom stereocenters. The fourth-order valence-corrected chi connectivity index (χ4v) is 4.15. The number of hydrogen-bond donors (Lipinski definition) is 1. The van der Waals surface area contributed by atoms with Gasteiger partial charge in [-0.2, -0.15) is 5.26 Å². The Kier molecular flexibility index (Phi) is 6.69. The molecule has 3 rings (SSSR count). The van der Waals surface area contributed by atoms with Crippen LogP contribution in [-0.2, 0) is 16.9 Å². The maximum absolute atomic E-state index is 13.7. The number of ether oxygens (including phenoxy) is 1. The minimum atomic E-state index is -0.968. The summed E-state index contributed by atoms with van der Waals surface area (Å²) in [5, 5.41) is 13.4. The van der Waals surface area contributed by atoms with E-state index in [9.17, 15) is 10.1 Å². The van der Waals surface area contributed by atoms with Gasteiger partial charge in [-0.25, -0.2) is 0 Å². The Labute approximate surface area is 182 Å². The van der Waals surface area contributed by atoms with Gasteiger partial charge >= 0.3 is 0 Å². The molecule has 6 heteroatoms. The number of allylic oxidation sites excluding steroid dienone is 1. The quantitative estimate of drug-likeness (QED) is 0.696. The monoisotopic (exact) mass is 423 g/mol. The summed E-state index contributed by atoms with van der Waals surface area (Å²) < 4.78 is 5.29. The van der Waals surface area contributed by atoms with E-state index in [0.29, 0.717) is 30.1 Å². The zero-order valence-electron chi connectivity index (χ0n) is 17.5. The van der Waals surface area contributed by atoms with Gasteiger partial charge in [0.15, 0.2) is 0 Å². The first kappa shape index (κ1) is 21.7. The van der Waals surface area contributed by atoms with Gasteiger partial charge in [-0.15, -0.1) is 0 Å². The first-order valence-corrected chi connectivity index (χ1v) is 10.4. The SMILES string of the molecule is CCCN1C(C)=C(C#N)CC1(C(=O)NCc1ccc(Cl)cc1)c1ccc(OC)cc1. The van der Waals surface area contributed by atoms with Crippen LogP contribution in [0.25, 0.3) is 0 Å². The molecule has 0 aromatic heterocycles. The van der Waals surface area contributed by atoms with Gasteiger partial charge in [-0.1, -0.05) is 42.8 Å². The van der Waals surface area contributed by atoms with Crippen molar-refractivity contribution in [2.75, 3.05) is 13.7 Å². The van der Waals surface area contributed by atoms with E-state index in [4.69, 9.17) is 16.3 Å². The van der Waals surface area contributed by atoms with Crippen molar-refractivity contribution in [1.82, 2.24) is 10.2 Å². The van der Waals surface area contributed by atoms with E-state index in [2.05, 4.69) is 23.2 Å². The second-order valence-corrected chi connectivity index (χ2v) is 7.84. The lowest BCUT2D eigenvalue weighted by Gasteiger charge is -2.40. The molecule has 5 nitrogen and oxygen atoms in total. The highest BCUT2D eigenvalue weighted by Crippen LogP contribution is 2.45. The molecule has 0 fully saturated rings. The van der Waals surface area contributed by atoms with Gasteiger partial charge in [0.05, 0.1) is 18.8 Å². The molecule has 0 saturated carbocycles. The third-order valence-electron chi connectivity index (χ3n) is 5.63. The molecule has 30 heavy (non-hydrogen) atoms. The summed E-state index contributed by atoms with van der Waals surface area (Å²) in [7, 11) is 1.61. The van der Waals surface area contributed by atoms with Gasteiger partial charge in [0.25, 0.3) is 5.91 Å². The molecular formula is C24H26ClN3O2. The normalized spacial score (nSPS) is 18.3. The molecule has 1 aliphatic rings. The molecule has 1 N–H and O–H groups in total. The molecule has 0 saturated heterocycles. The van der Waals surface area contributed by atoms with E-state index in [0.717, 1.165) is 29.0 Å². The van der Waals surface area contributed by atoms with Crippen LogP contribution in [0, 0.1) is 11.3 Å². The maximum Gasteiger partial charge on any atom is 0.251 e. The Morgan fingerprint density at radius 1 is 1.23 bits per heavy atom. The number of amides is 1. The predicted molar refractivity (Wildman–Crippen MR) is 118 cm³/mol. The van der Waals surface area contributed by atoms with Crippen molar-refractivity contribution < 1.29 is 9.53 Å². The standard InChI is InChI=1S/C24H26ClN3O2/c1-4-13-28-17(2)19(15-26)14-24(28,20-7-11-22(30-3)12-8-20)23(29)27-16-18-5-9-21(25)10-6-18/h5-12H,4,13-14,16H2,1-3H3,(H,27,29). The number of nitrogens with one attached hydrogen (secondary N) is 1. The Morgan fingerprint density at radius 3 is 2.47 bits per heavy atom.